The Bertz CT molecular complexity index is 888. The Morgan fingerprint density at radius 1 is 1.07 bits per heavy atom. The van der Waals surface area contributed by atoms with Gasteiger partial charge in [-0.2, -0.15) is 8.78 Å². The van der Waals surface area contributed by atoms with Crippen molar-refractivity contribution in [3.05, 3.63) is 53.6 Å². The van der Waals surface area contributed by atoms with E-state index in [1.165, 1.54) is 32.2 Å². The highest BCUT2D eigenvalue weighted by atomic mass is 19.3. The Kier molecular flexibility index (Phi) is 8.15. The van der Waals surface area contributed by atoms with Gasteiger partial charge < -0.3 is 19.5 Å². The van der Waals surface area contributed by atoms with Crippen LogP contribution >= 0.6 is 0 Å². The second kappa shape index (κ2) is 10.6. The summed E-state index contributed by atoms with van der Waals surface area (Å²) in [5.41, 5.74) is 1.69. The largest absolute Gasteiger partial charge is 0.493 e. The lowest BCUT2D eigenvalue weighted by Crippen LogP contribution is -2.30. The molecule has 0 saturated carbocycles. The lowest BCUT2D eigenvalue weighted by molar-refractivity contribution is -0.123. The highest BCUT2D eigenvalue weighted by Crippen LogP contribution is 2.30. The van der Waals surface area contributed by atoms with Gasteiger partial charge in [0.1, 0.15) is 0 Å². The number of carbonyl (C=O) groups is 2. The number of halogens is 2. The molecular formula is C22H25F2NO5. The number of amides is 1. The van der Waals surface area contributed by atoms with E-state index >= 15 is 0 Å². The first kappa shape index (κ1) is 23.1. The fraction of sp³-hybridized carbons (Fsp3) is 0.364. The van der Waals surface area contributed by atoms with E-state index in [0.29, 0.717) is 5.69 Å². The summed E-state index contributed by atoms with van der Waals surface area (Å²) < 4.78 is 39.4. The maximum atomic E-state index is 12.5. The van der Waals surface area contributed by atoms with E-state index in [2.05, 4.69) is 23.9 Å². The van der Waals surface area contributed by atoms with Crippen LogP contribution in [0.5, 0.6) is 11.5 Å². The number of carbonyl (C=O) groups excluding carboxylic acids is 2. The lowest BCUT2D eigenvalue weighted by atomic mass is 9.97. The summed E-state index contributed by atoms with van der Waals surface area (Å²) in [6, 6.07) is 11.1. The summed E-state index contributed by atoms with van der Waals surface area (Å²) in [6.45, 7) is 2.53. The average Bonchev–Trinajstić information content (AvgIpc) is 2.73. The number of ether oxygens (including phenoxy) is 3. The second-order valence-electron chi connectivity index (χ2n) is 6.68. The van der Waals surface area contributed by atoms with Gasteiger partial charge in [-0.3, -0.25) is 4.79 Å². The molecule has 1 amide bonds. The first-order valence-electron chi connectivity index (χ1n) is 9.50. The Balaban J connectivity index is 2.08. The molecule has 2 rings (SSSR count). The van der Waals surface area contributed by atoms with Crippen molar-refractivity contribution >= 4 is 17.6 Å². The van der Waals surface area contributed by atoms with Crippen molar-refractivity contribution in [1.29, 1.82) is 0 Å². The first-order chi connectivity index (χ1) is 14.3. The Morgan fingerprint density at radius 3 is 2.40 bits per heavy atom. The highest BCUT2D eigenvalue weighted by Gasteiger charge is 2.22. The number of hydrogen-bond acceptors (Lipinski definition) is 5. The maximum absolute atomic E-state index is 12.5. The minimum atomic E-state index is -3.03. The van der Waals surface area contributed by atoms with Crippen LogP contribution in [-0.4, -0.2) is 31.7 Å². The van der Waals surface area contributed by atoms with Gasteiger partial charge in [-0.15, -0.1) is 0 Å². The third kappa shape index (κ3) is 5.92. The van der Waals surface area contributed by atoms with Crippen LogP contribution in [0.4, 0.5) is 14.5 Å². The van der Waals surface area contributed by atoms with E-state index in [4.69, 9.17) is 9.47 Å². The zero-order valence-electron chi connectivity index (χ0n) is 17.3. The second-order valence-corrected chi connectivity index (χ2v) is 6.68. The van der Waals surface area contributed by atoms with Gasteiger partial charge in [-0.05, 0) is 49.1 Å². The highest BCUT2D eigenvalue weighted by molar-refractivity contribution is 5.98. The van der Waals surface area contributed by atoms with Crippen LogP contribution in [0.2, 0.25) is 0 Å². The van der Waals surface area contributed by atoms with Gasteiger partial charge in [0.15, 0.2) is 17.6 Å². The molecule has 0 aromatic heterocycles. The van der Waals surface area contributed by atoms with Gasteiger partial charge in [0.05, 0.1) is 12.7 Å². The molecule has 0 unspecified atom stereocenters. The fourth-order valence-corrected chi connectivity index (χ4v) is 2.76. The topological polar surface area (TPSA) is 73.9 Å². The number of benzene rings is 2. The van der Waals surface area contributed by atoms with Crippen molar-refractivity contribution in [2.24, 2.45) is 0 Å². The van der Waals surface area contributed by atoms with Gasteiger partial charge in [0.2, 0.25) is 0 Å². The molecule has 0 heterocycles. The molecule has 8 heteroatoms. The molecule has 0 aliphatic heterocycles. The number of rotatable bonds is 9. The quantitative estimate of drug-likeness (QED) is 0.577. The van der Waals surface area contributed by atoms with Crippen molar-refractivity contribution in [2.75, 3.05) is 12.4 Å². The van der Waals surface area contributed by atoms with Crippen molar-refractivity contribution in [2.45, 2.75) is 45.8 Å². The number of esters is 1. The number of hydrogen-bond donors (Lipinski definition) is 1. The smallest absolute Gasteiger partial charge is 0.387 e. The van der Waals surface area contributed by atoms with Crippen LogP contribution in [0.1, 0.15) is 49.0 Å². The summed E-state index contributed by atoms with van der Waals surface area (Å²) in [6.07, 6.45) is -0.171. The van der Waals surface area contributed by atoms with Crippen LogP contribution in [0.3, 0.4) is 0 Å². The van der Waals surface area contributed by atoms with Crippen LogP contribution in [0.15, 0.2) is 42.5 Å². The van der Waals surface area contributed by atoms with E-state index < -0.39 is 24.6 Å². The molecule has 2 aromatic rings. The van der Waals surface area contributed by atoms with Crippen molar-refractivity contribution in [1.82, 2.24) is 0 Å². The van der Waals surface area contributed by atoms with Gasteiger partial charge >= 0.3 is 12.6 Å². The molecule has 30 heavy (non-hydrogen) atoms. The minimum absolute atomic E-state index is 0.0353. The van der Waals surface area contributed by atoms with Crippen LogP contribution in [0, 0.1) is 0 Å². The third-order valence-electron chi connectivity index (χ3n) is 4.63. The zero-order chi connectivity index (χ0) is 22.3. The van der Waals surface area contributed by atoms with Crippen molar-refractivity contribution in [3.8, 4) is 11.5 Å². The van der Waals surface area contributed by atoms with E-state index in [1.54, 1.807) is 6.07 Å². The molecule has 2 atom stereocenters. The Morgan fingerprint density at radius 2 is 1.77 bits per heavy atom. The number of para-hydroxylation sites is 1. The van der Waals surface area contributed by atoms with Gasteiger partial charge in [0, 0.05) is 5.69 Å². The molecule has 0 aliphatic rings. The first-order valence-corrected chi connectivity index (χ1v) is 9.50. The molecule has 6 nitrogen and oxygen atoms in total. The SMILES string of the molecule is CC[C@@H](C)c1ccccc1NC(=O)[C@@H](C)OC(=O)c1ccc(OC(F)F)c(OC)c1. The molecule has 0 spiro atoms. The number of anilines is 1. The molecule has 1 N–H and O–H groups in total. The van der Waals surface area contributed by atoms with Crippen molar-refractivity contribution in [3.63, 3.8) is 0 Å². The van der Waals surface area contributed by atoms with Crippen LogP contribution in [-0.2, 0) is 9.53 Å². The van der Waals surface area contributed by atoms with Crippen LogP contribution < -0.4 is 14.8 Å². The Hall–Kier alpha value is -3.16. The fourth-order valence-electron chi connectivity index (χ4n) is 2.76. The summed E-state index contributed by atoms with van der Waals surface area (Å²) in [4.78, 5) is 24.9. The van der Waals surface area contributed by atoms with Crippen molar-refractivity contribution < 1.29 is 32.6 Å². The summed E-state index contributed by atoms with van der Waals surface area (Å²) in [5.74, 6) is -1.29. The molecule has 0 fully saturated rings. The predicted molar refractivity (Wildman–Crippen MR) is 108 cm³/mol. The maximum Gasteiger partial charge on any atom is 0.387 e. The third-order valence-corrected chi connectivity index (χ3v) is 4.63. The van der Waals surface area contributed by atoms with E-state index in [0.717, 1.165) is 12.0 Å². The molecule has 0 bridgehead atoms. The van der Waals surface area contributed by atoms with Gasteiger partial charge in [-0.25, -0.2) is 4.79 Å². The molecule has 0 saturated heterocycles. The summed E-state index contributed by atoms with van der Waals surface area (Å²) in [7, 11) is 1.26. The van der Waals surface area contributed by atoms with Gasteiger partial charge in [0.25, 0.3) is 5.91 Å². The minimum Gasteiger partial charge on any atom is -0.493 e. The Labute approximate surface area is 174 Å². The molecule has 162 valence electrons. The molecule has 2 aromatic carbocycles. The number of nitrogens with one attached hydrogen (secondary N) is 1. The monoisotopic (exact) mass is 421 g/mol. The van der Waals surface area contributed by atoms with E-state index in [9.17, 15) is 18.4 Å². The predicted octanol–water partition coefficient (Wildman–Crippen LogP) is 4.99. The van der Waals surface area contributed by atoms with Gasteiger partial charge in [-0.1, -0.05) is 32.0 Å². The molecular weight excluding hydrogens is 396 g/mol. The summed E-state index contributed by atoms with van der Waals surface area (Å²) >= 11 is 0. The standard InChI is InChI=1S/C22H25F2NO5/c1-5-13(2)16-8-6-7-9-17(16)25-20(26)14(3)29-21(27)15-10-11-18(30-22(23)24)19(12-15)28-4/h6-14,22H,5H2,1-4H3,(H,25,26)/t13-,14-/m1/s1. The number of methoxy groups -OCH3 is 1. The summed E-state index contributed by atoms with van der Waals surface area (Å²) in [5, 5.41) is 2.79. The molecule has 0 radical (unpaired) electrons. The number of alkyl halides is 2. The lowest BCUT2D eigenvalue weighted by Gasteiger charge is -2.18. The van der Waals surface area contributed by atoms with Crippen LogP contribution in [0.25, 0.3) is 0 Å². The molecule has 0 aliphatic carbocycles. The van der Waals surface area contributed by atoms with E-state index in [-0.39, 0.29) is 23.0 Å². The van der Waals surface area contributed by atoms with E-state index in [1.807, 2.05) is 18.2 Å². The zero-order valence-corrected chi connectivity index (χ0v) is 17.3. The average molecular weight is 421 g/mol. The normalized spacial score (nSPS) is 12.8.